The molecule has 0 aliphatic carbocycles. The summed E-state index contributed by atoms with van der Waals surface area (Å²) < 4.78 is 24.8. The van der Waals surface area contributed by atoms with Crippen molar-refractivity contribution in [1.82, 2.24) is 4.90 Å². The second-order valence-electron chi connectivity index (χ2n) is 3.77. The van der Waals surface area contributed by atoms with Crippen molar-refractivity contribution in [3.63, 3.8) is 0 Å². The van der Waals surface area contributed by atoms with Gasteiger partial charge in [-0.2, -0.15) is 0 Å². The Bertz CT molecular complexity index is 471. The summed E-state index contributed by atoms with van der Waals surface area (Å²) in [6.07, 6.45) is 0. The second-order valence-corrected chi connectivity index (χ2v) is 6.32. The Morgan fingerprint density at radius 2 is 2.00 bits per heavy atom. The zero-order valence-electron chi connectivity index (χ0n) is 8.99. The van der Waals surface area contributed by atoms with Crippen LogP contribution in [0.15, 0.2) is 22.7 Å². The second kappa shape index (κ2) is 5.27. The maximum atomic E-state index is 13.3. The summed E-state index contributed by atoms with van der Waals surface area (Å²) in [5, 5.41) is 0. The van der Waals surface area contributed by atoms with Crippen LogP contribution in [0.2, 0.25) is 0 Å². The van der Waals surface area contributed by atoms with Crippen molar-refractivity contribution in [2.24, 2.45) is 0 Å². The molecular weight excluding hydrogens is 309 g/mol. The minimum atomic E-state index is -0.817. The molecule has 0 saturated carbocycles. The van der Waals surface area contributed by atoms with Gasteiger partial charge >= 0.3 is 0 Å². The van der Waals surface area contributed by atoms with E-state index >= 15 is 0 Å². The van der Waals surface area contributed by atoms with E-state index in [4.69, 9.17) is 0 Å². The summed E-state index contributed by atoms with van der Waals surface area (Å²) in [7, 11) is -0.817. The van der Waals surface area contributed by atoms with Crippen LogP contribution in [0.1, 0.15) is 10.4 Å². The molecule has 1 amide bonds. The number of amides is 1. The van der Waals surface area contributed by atoms with Crippen LogP contribution >= 0.6 is 15.9 Å². The largest absolute Gasteiger partial charge is 0.337 e. The first-order chi connectivity index (χ1) is 8.08. The maximum absolute atomic E-state index is 13.3. The number of carbonyl (C=O) groups excluding carboxylic acids is 1. The smallest absolute Gasteiger partial charge is 0.254 e. The fourth-order valence-corrected chi connectivity index (χ4v) is 2.95. The van der Waals surface area contributed by atoms with E-state index in [1.165, 1.54) is 12.1 Å². The topological polar surface area (TPSA) is 37.4 Å². The number of carbonyl (C=O) groups is 1. The van der Waals surface area contributed by atoms with Gasteiger partial charge in [0.25, 0.3) is 5.91 Å². The number of benzene rings is 1. The van der Waals surface area contributed by atoms with Gasteiger partial charge in [-0.3, -0.25) is 9.00 Å². The molecule has 6 heteroatoms. The van der Waals surface area contributed by atoms with E-state index in [0.717, 1.165) is 0 Å². The molecular formula is C11H11BrFNO2S. The van der Waals surface area contributed by atoms with E-state index in [9.17, 15) is 13.4 Å². The van der Waals surface area contributed by atoms with E-state index in [2.05, 4.69) is 15.9 Å². The van der Waals surface area contributed by atoms with Gasteiger partial charge in [0.05, 0.1) is 4.47 Å². The third-order valence-corrected chi connectivity index (χ3v) is 4.55. The zero-order chi connectivity index (χ0) is 12.4. The van der Waals surface area contributed by atoms with Crippen LogP contribution in [0, 0.1) is 5.82 Å². The van der Waals surface area contributed by atoms with Crippen molar-refractivity contribution in [2.75, 3.05) is 24.6 Å². The van der Waals surface area contributed by atoms with E-state index in [1.807, 2.05) is 0 Å². The van der Waals surface area contributed by atoms with Crippen molar-refractivity contribution < 1.29 is 13.4 Å². The van der Waals surface area contributed by atoms with Crippen molar-refractivity contribution in [3.8, 4) is 0 Å². The Morgan fingerprint density at radius 1 is 1.35 bits per heavy atom. The molecule has 0 radical (unpaired) electrons. The van der Waals surface area contributed by atoms with Crippen LogP contribution in [-0.4, -0.2) is 39.6 Å². The average molecular weight is 320 g/mol. The van der Waals surface area contributed by atoms with Crippen LogP contribution in [0.25, 0.3) is 0 Å². The molecule has 1 saturated heterocycles. The Hall–Kier alpha value is -0.750. The molecule has 1 aliphatic rings. The van der Waals surface area contributed by atoms with Crippen molar-refractivity contribution in [3.05, 3.63) is 34.1 Å². The van der Waals surface area contributed by atoms with Crippen molar-refractivity contribution in [2.45, 2.75) is 0 Å². The third-order valence-electron chi connectivity index (χ3n) is 2.63. The summed E-state index contributed by atoms with van der Waals surface area (Å²) in [6.45, 7) is 0.951. The molecule has 3 nitrogen and oxygen atoms in total. The lowest BCUT2D eigenvalue weighted by atomic mass is 10.2. The molecule has 0 N–H and O–H groups in total. The van der Waals surface area contributed by atoms with Gasteiger partial charge in [-0.05, 0) is 34.1 Å². The van der Waals surface area contributed by atoms with Gasteiger partial charge in [0.15, 0.2) is 0 Å². The quantitative estimate of drug-likeness (QED) is 0.791. The SMILES string of the molecule is O=C(c1ccc(Br)c(F)c1)N1CCS(=O)CC1. The van der Waals surface area contributed by atoms with Gasteiger partial charge in [-0.25, -0.2) is 4.39 Å². The first kappa shape index (κ1) is 12.7. The summed E-state index contributed by atoms with van der Waals surface area (Å²) in [5.41, 5.74) is 0.332. The third kappa shape index (κ3) is 2.93. The van der Waals surface area contributed by atoms with Gasteiger partial charge in [0.2, 0.25) is 0 Å². The lowest BCUT2D eigenvalue weighted by Gasteiger charge is -2.26. The van der Waals surface area contributed by atoms with Crippen LogP contribution in [-0.2, 0) is 10.8 Å². The van der Waals surface area contributed by atoms with Crippen LogP contribution < -0.4 is 0 Å². The molecule has 1 fully saturated rings. The normalized spacial score (nSPS) is 17.2. The number of hydrogen-bond donors (Lipinski definition) is 0. The fraction of sp³-hybridized carbons (Fsp3) is 0.364. The molecule has 1 aromatic rings. The Morgan fingerprint density at radius 3 is 2.59 bits per heavy atom. The lowest BCUT2D eigenvalue weighted by molar-refractivity contribution is 0.0770. The average Bonchev–Trinajstić information content (AvgIpc) is 2.33. The minimum Gasteiger partial charge on any atom is -0.337 e. The standard InChI is InChI=1S/C11H11BrFNO2S/c12-9-2-1-8(7-10(9)13)11(15)14-3-5-17(16)6-4-14/h1-2,7H,3-6H2. The number of hydrogen-bond acceptors (Lipinski definition) is 2. The highest BCUT2D eigenvalue weighted by Gasteiger charge is 2.21. The first-order valence-corrected chi connectivity index (χ1v) is 7.45. The molecule has 0 bridgehead atoms. The molecule has 17 heavy (non-hydrogen) atoms. The number of halogens is 2. The van der Waals surface area contributed by atoms with Crippen LogP contribution in [0.5, 0.6) is 0 Å². The number of rotatable bonds is 1. The molecule has 0 aromatic heterocycles. The highest BCUT2D eigenvalue weighted by atomic mass is 79.9. The van der Waals surface area contributed by atoms with Gasteiger partial charge in [0.1, 0.15) is 5.82 Å². The van der Waals surface area contributed by atoms with E-state index in [0.29, 0.717) is 34.6 Å². The van der Waals surface area contributed by atoms with Gasteiger partial charge in [-0.1, -0.05) is 0 Å². The number of nitrogens with zero attached hydrogens (tertiary/aromatic N) is 1. The summed E-state index contributed by atoms with van der Waals surface area (Å²) in [6, 6.07) is 4.32. The van der Waals surface area contributed by atoms with Crippen molar-refractivity contribution >= 4 is 32.6 Å². The summed E-state index contributed by atoms with van der Waals surface area (Å²) in [5.74, 6) is 0.361. The van der Waals surface area contributed by atoms with Gasteiger partial charge < -0.3 is 4.90 Å². The van der Waals surface area contributed by atoms with Crippen LogP contribution in [0.3, 0.4) is 0 Å². The predicted octanol–water partition coefficient (Wildman–Crippen LogP) is 1.79. The minimum absolute atomic E-state index is 0.201. The van der Waals surface area contributed by atoms with E-state index < -0.39 is 16.6 Å². The summed E-state index contributed by atoms with van der Waals surface area (Å²) >= 11 is 3.04. The zero-order valence-corrected chi connectivity index (χ0v) is 11.4. The van der Waals surface area contributed by atoms with Gasteiger partial charge in [0, 0.05) is 41.0 Å². The van der Waals surface area contributed by atoms with Crippen LogP contribution in [0.4, 0.5) is 4.39 Å². The maximum Gasteiger partial charge on any atom is 0.254 e. The fourth-order valence-electron chi connectivity index (χ4n) is 1.65. The molecule has 1 aliphatic heterocycles. The molecule has 2 rings (SSSR count). The molecule has 92 valence electrons. The Labute approximate surface area is 110 Å². The highest BCUT2D eigenvalue weighted by Crippen LogP contribution is 2.18. The molecule has 1 heterocycles. The molecule has 0 spiro atoms. The highest BCUT2D eigenvalue weighted by molar-refractivity contribution is 9.10. The lowest BCUT2D eigenvalue weighted by Crippen LogP contribution is -2.41. The van der Waals surface area contributed by atoms with E-state index in [1.54, 1.807) is 11.0 Å². The Balaban J connectivity index is 2.14. The van der Waals surface area contributed by atoms with Gasteiger partial charge in [-0.15, -0.1) is 0 Å². The monoisotopic (exact) mass is 319 g/mol. The predicted molar refractivity (Wildman–Crippen MR) is 67.9 cm³/mol. The van der Waals surface area contributed by atoms with E-state index in [-0.39, 0.29) is 5.91 Å². The molecule has 0 unspecified atom stereocenters. The molecule has 0 atom stereocenters. The summed E-state index contributed by atoms with van der Waals surface area (Å²) in [4.78, 5) is 13.6. The first-order valence-electron chi connectivity index (χ1n) is 5.17. The van der Waals surface area contributed by atoms with Crippen molar-refractivity contribution in [1.29, 1.82) is 0 Å². The molecule has 1 aromatic carbocycles. The Kier molecular flexibility index (Phi) is 3.93.